The first-order valence-corrected chi connectivity index (χ1v) is 5.67. The van der Waals surface area contributed by atoms with Crippen LogP contribution in [0.3, 0.4) is 0 Å². The van der Waals surface area contributed by atoms with Crippen molar-refractivity contribution in [2.75, 3.05) is 20.3 Å². The van der Waals surface area contributed by atoms with Crippen LogP contribution in [0.5, 0.6) is 0 Å². The zero-order valence-electron chi connectivity index (χ0n) is 9.37. The number of ether oxygens (including phenoxy) is 1. The molecule has 2 unspecified atom stereocenters. The van der Waals surface area contributed by atoms with E-state index in [-0.39, 0.29) is 24.5 Å². The molecule has 1 aliphatic rings. The molecule has 2 N–H and O–H groups in total. The molecule has 0 aromatic rings. The molecule has 1 rings (SSSR count). The number of hydrogen-bond acceptors (Lipinski definition) is 3. The van der Waals surface area contributed by atoms with Crippen molar-refractivity contribution >= 4 is 5.91 Å². The van der Waals surface area contributed by atoms with Gasteiger partial charge in [-0.3, -0.25) is 4.79 Å². The standard InChI is InChI=1S/C11H21NO3/c1-15-7-6-11(14)12-10-5-3-2-4-9(10)8-13/h9-10,13H,2-8H2,1H3,(H,12,14). The Labute approximate surface area is 91.0 Å². The zero-order valence-corrected chi connectivity index (χ0v) is 9.37. The molecule has 0 saturated heterocycles. The van der Waals surface area contributed by atoms with Gasteiger partial charge in [-0.25, -0.2) is 0 Å². The first-order chi connectivity index (χ1) is 7.27. The third-order valence-electron chi connectivity index (χ3n) is 3.02. The van der Waals surface area contributed by atoms with Crippen LogP contribution < -0.4 is 5.32 Å². The first-order valence-electron chi connectivity index (χ1n) is 5.67. The average Bonchev–Trinajstić information content (AvgIpc) is 2.27. The molecule has 0 bridgehead atoms. The topological polar surface area (TPSA) is 58.6 Å². The number of carbonyl (C=O) groups is 1. The van der Waals surface area contributed by atoms with Crippen molar-refractivity contribution in [1.29, 1.82) is 0 Å². The number of aliphatic hydroxyl groups is 1. The van der Waals surface area contributed by atoms with Gasteiger partial charge in [0, 0.05) is 32.1 Å². The molecule has 0 spiro atoms. The molecule has 1 saturated carbocycles. The fourth-order valence-electron chi connectivity index (χ4n) is 2.09. The van der Waals surface area contributed by atoms with Gasteiger partial charge in [0.1, 0.15) is 0 Å². The summed E-state index contributed by atoms with van der Waals surface area (Å²) in [4.78, 5) is 11.5. The highest BCUT2D eigenvalue weighted by Gasteiger charge is 2.25. The maximum atomic E-state index is 11.5. The molecule has 0 heterocycles. The van der Waals surface area contributed by atoms with E-state index in [1.54, 1.807) is 7.11 Å². The van der Waals surface area contributed by atoms with E-state index >= 15 is 0 Å². The van der Waals surface area contributed by atoms with Gasteiger partial charge >= 0.3 is 0 Å². The second kappa shape index (κ2) is 6.80. The van der Waals surface area contributed by atoms with E-state index in [0.29, 0.717) is 13.0 Å². The van der Waals surface area contributed by atoms with Crippen molar-refractivity contribution in [3.63, 3.8) is 0 Å². The Kier molecular flexibility index (Phi) is 5.65. The predicted octanol–water partition coefficient (Wildman–Crippen LogP) is 0.690. The number of hydrogen-bond donors (Lipinski definition) is 2. The molecule has 0 radical (unpaired) electrons. The molecule has 15 heavy (non-hydrogen) atoms. The van der Waals surface area contributed by atoms with Gasteiger partial charge in [-0.15, -0.1) is 0 Å². The van der Waals surface area contributed by atoms with Crippen molar-refractivity contribution < 1.29 is 14.6 Å². The normalized spacial score (nSPS) is 26.3. The zero-order chi connectivity index (χ0) is 11.1. The van der Waals surface area contributed by atoms with Gasteiger partial charge in [-0.2, -0.15) is 0 Å². The molecular formula is C11H21NO3. The van der Waals surface area contributed by atoms with E-state index in [4.69, 9.17) is 4.74 Å². The minimum absolute atomic E-state index is 0.0298. The first kappa shape index (κ1) is 12.5. The van der Waals surface area contributed by atoms with Gasteiger partial charge in [0.2, 0.25) is 5.91 Å². The lowest BCUT2D eigenvalue weighted by atomic mass is 9.85. The molecule has 4 nitrogen and oxygen atoms in total. The van der Waals surface area contributed by atoms with E-state index in [0.717, 1.165) is 25.7 Å². The van der Waals surface area contributed by atoms with Crippen molar-refractivity contribution in [3.8, 4) is 0 Å². The molecule has 1 aliphatic carbocycles. The second-order valence-electron chi connectivity index (χ2n) is 4.14. The highest BCUT2D eigenvalue weighted by atomic mass is 16.5. The van der Waals surface area contributed by atoms with Crippen LogP contribution in [-0.4, -0.2) is 37.4 Å². The van der Waals surface area contributed by atoms with Gasteiger partial charge in [0.25, 0.3) is 0 Å². The lowest BCUT2D eigenvalue weighted by Gasteiger charge is -2.30. The second-order valence-corrected chi connectivity index (χ2v) is 4.14. The van der Waals surface area contributed by atoms with Crippen molar-refractivity contribution in [2.45, 2.75) is 38.1 Å². The van der Waals surface area contributed by atoms with Gasteiger partial charge in [-0.05, 0) is 12.8 Å². The fraction of sp³-hybridized carbons (Fsp3) is 0.909. The van der Waals surface area contributed by atoms with Crippen molar-refractivity contribution in [3.05, 3.63) is 0 Å². The van der Waals surface area contributed by atoms with E-state index < -0.39 is 0 Å². The molecule has 0 aromatic heterocycles. The van der Waals surface area contributed by atoms with Crippen LogP contribution >= 0.6 is 0 Å². The maximum absolute atomic E-state index is 11.5. The van der Waals surface area contributed by atoms with Crippen LogP contribution in [0.25, 0.3) is 0 Å². The van der Waals surface area contributed by atoms with Gasteiger partial charge in [-0.1, -0.05) is 12.8 Å². The monoisotopic (exact) mass is 215 g/mol. The summed E-state index contributed by atoms with van der Waals surface area (Å²) in [6.07, 6.45) is 4.72. The maximum Gasteiger partial charge on any atom is 0.222 e. The van der Waals surface area contributed by atoms with Crippen LogP contribution in [0.1, 0.15) is 32.1 Å². The predicted molar refractivity (Wildman–Crippen MR) is 57.5 cm³/mol. The minimum atomic E-state index is 0.0298. The number of methoxy groups -OCH3 is 1. The quantitative estimate of drug-likeness (QED) is 0.709. The summed E-state index contributed by atoms with van der Waals surface area (Å²) in [5.41, 5.74) is 0. The number of carbonyl (C=O) groups excluding carboxylic acids is 1. The van der Waals surface area contributed by atoms with Crippen LogP contribution in [0, 0.1) is 5.92 Å². The molecule has 1 fully saturated rings. The molecule has 1 amide bonds. The summed E-state index contributed by atoms with van der Waals surface area (Å²) in [6.45, 7) is 0.636. The van der Waals surface area contributed by atoms with Crippen LogP contribution in [0.4, 0.5) is 0 Å². The highest BCUT2D eigenvalue weighted by Crippen LogP contribution is 2.23. The van der Waals surface area contributed by atoms with Gasteiger partial charge in [0.15, 0.2) is 0 Å². The Morgan fingerprint density at radius 1 is 1.47 bits per heavy atom. The van der Waals surface area contributed by atoms with Gasteiger partial charge < -0.3 is 15.2 Å². The summed E-state index contributed by atoms with van der Waals surface area (Å²) in [7, 11) is 1.59. The smallest absolute Gasteiger partial charge is 0.222 e. The Morgan fingerprint density at radius 2 is 2.20 bits per heavy atom. The van der Waals surface area contributed by atoms with Gasteiger partial charge in [0.05, 0.1) is 6.61 Å². The van der Waals surface area contributed by atoms with Crippen LogP contribution in [0.2, 0.25) is 0 Å². The van der Waals surface area contributed by atoms with Crippen LogP contribution in [0.15, 0.2) is 0 Å². The molecule has 4 heteroatoms. The molecular weight excluding hydrogens is 194 g/mol. The lowest BCUT2D eigenvalue weighted by molar-refractivity contribution is -0.123. The number of nitrogens with one attached hydrogen (secondary N) is 1. The summed E-state index contributed by atoms with van der Waals surface area (Å²) < 4.78 is 4.84. The summed E-state index contributed by atoms with van der Waals surface area (Å²) >= 11 is 0. The van der Waals surface area contributed by atoms with E-state index in [1.165, 1.54) is 0 Å². The van der Waals surface area contributed by atoms with Crippen LogP contribution in [-0.2, 0) is 9.53 Å². The number of rotatable bonds is 5. The fourth-order valence-corrected chi connectivity index (χ4v) is 2.09. The molecule has 2 atom stereocenters. The summed E-state index contributed by atoms with van der Waals surface area (Å²) in [5.74, 6) is 0.271. The average molecular weight is 215 g/mol. The largest absolute Gasteiger partial charge is 0.396 e. The molecule has 0 aliphatic heterocycles. The third kappa shape index (κ3) is 4.18. The van der Waals surface area contributed by atoms with E-state index in [9.17, 15) is 9.90 Å². The SMILES string of the molecule is COCCC(=O)NC1CCCCC1CO. The number of aliphatic hydroxyl groups excluding tert-OH is 1. The van der Waals surface area contributed by atoms with Crippen molar-refractivity contribution in [1.82, 2.24) is 5.32 Å². The molecule has 0 aromatic carbocycles. The Hall–Kier alpha value is -0.610. The Morgan fingerprint density at radius 3 is 2.87 bits per heavy atom. The number of amides is 1. The van der Waals surface area contributed by atoms with E-state index in [2.05, 4.69) is 5.32 Å². The Balaban J connectivity index is 2.30. The lowest BCUT2D eigenvalue weighted by Crippen LogP contribution is -2.43. The summed E-state index contributed by atoms with van der Waals surface area (Å²) in [6, 6.07) is 0.160. The molecule has 88 valence electrons. The summed E-state index contributed by atoms with van der Waals surface area (Å²) in [5, 5.41) is 12.2. The highest BCUT2D eigenvalue weighted by molar-refractivity contribution is 5.76. The Bertz CT molecular complexity index is 196. The minimum Gasteiger partial charge on any atom is -0.396 e. The van der Waals surface area contributed by atoms with Crippen molar-refractivity contribution in [2.24, 2.45) is 5.92 Å². The van der Waals surface area contributed by atoms with E-state index in [1.807, 2.05) is 0 Å². The third-order valence-corrected chi connectivity index (χ3v) is 3.02.